The molecule has 1 aromatic rings. The maximum absolute atomic E-state index is 11.6. The van der Waals surface area contributed by atoms with Crippen molar-refractivity contribution in [3.63, 3.8) is 0 Å². The minimum Gasteiger partial charge on any atom is -0.387 e. The van der Waals surface area contributed by atoms with E-state index in [9.17, 15) is 9.90 Å². The quantitative estimate of drug-likeness (QED) is 0.778. The molecule has 1 heterocycles. The number of carbonyl (C=O) groups is 1. The van der Waals surface area contributed by atoms with Crippen molar-refractivity contribution in [2.75, 3.05) is 18.6 Å². The zero-order chi connectivity index (χ0) is 12.2. The van der Waals surface area contributed by atoms with E-state index in [1.807, 2.05) is 6.26 Å². The Balaban J connectivity index is 2.47. The largest absolute Gasteiger partial charge is 0.387 e. The fraction of sp³-hybridized carbons (Fsp3) is 0.600. The van der Waals surface area contributed by atoms with E-state index in [2.05, 4.69) is 10.4 Å². The second-order valence-electron chi connectivity index (χ2n) is 4.02. The van der Waals surface area contributed by atoms with Gasteiger partial charge < -0.3 is 10.4 Å². The van der Waals surface area contributed by atoms with E-state index >= 15 is 0 Å². The lowest BCUT2D eigenvalue weighted by molar-refractivity contribution is 0.0725. The Morgan fingerprint density at radius 2 is 2.44 bits per heavy atom. The summed E-state index contributed by atoms with van der Waals surface area (Å²) in [6, 6.07) is 0. The van der Waals surface area contributed by atoms with E-state index in [1.165, 1.54) is 6.20 Å². The molecular weight excluding hydrogens is 226 g/mol. The van der Waals surface area contributed by atoms with Gasteiger partial charge in [0.1, 0.15) is 0 Å². The summed E-state index contributed by atoms with van der Waals surface area (Å²) in [5.74, 6) is 0.370. The molecule has 0 spiro atoms. The van der Waals surface area contributed by atoms with Gasteiger partial charge in [-0.25, -0.2) is 0 Å². The Hall–Kier alpha value is -1.01. The first-order valence-electron chi connectivity index (χ1n) is 4.93. The van der Waals surface area contributed by atoms with Gasteiger partial charge in [0.25, 0.3) is 5.91 Å². The van der Waals surface area contributed by atoms with Crippen LogP contribution in [0.25, 0.3) is 0 Å². The number of aryl methyl sites for hydroxylation is 1. The third-order valence-electron chi connectivity index (χ3n) is 2.05. The van der Waals surface area contributed by atoms with Crippen LogP contribution in [0.4, 0.5) is 0 Å². The third kappa shape index (κ3) is 3.86. The molecule has 16 heavy (non-hydrogen) atoms. The second-order valence-corrected chi connectivity index (χ2v) is 4.88. The van der Waals surface area contributed by atoms with Gasteiger partial charge >= 0.3 is 0 Å². The number of hydrogen-bond donors (Lipinski definition) is 2. The van der Waals surface area contributed by atoms with Crippen LogP contribution >= 0.6 is 11.8 Å². The van der Waals surface area contributed by atoms with Crippen LogP contribution in [-0.2, 0) is 7.05 Å². The molecule has 0 saturated heterocycles. The topological polar surface area (TPSA) is 67.2 Å². The van der Waals surface area contributed by atoms with Crippen molar-refractivity contribution < 1.29 is 9.90 Å². The average Bonchev–Trinajstić information content (AvgIpc) is 2.61. The van der Waals surface area contributed by atoms with Crippen LogP contribution < -0.4 is 5.32 Å². The molecular formula is C10H17N3O2S. The van der Waals surface area contributed by atoms with Gasteiger partial charge in [-0.3, -0.25) is 9.48 Å². The predicted octanol–water partition coefficient (Wildman–Crippen LogP) is 0.264. The fourth-order valence-corrected chi connectivity index (χ4v) is 2.00. The van der Waals surface area contributed by atoms with Gasteiger partial charge in [-0.2, -0.15) is 16.9 Å². The number of aliphatic hydroxyl groups is 1. The summed E-state index contributed by atoms with van der Waals surface area (Å²) in [6.07, 6.45) is 5.05. The summed E-state index contributed by atoms with van der Waals surface area (Å²) >= 11 is 1.54. The number of aromatic nitrogens is 2. The summed E-state index contributed by atoms with van der Waals surface area (Å²) in [7, 11) is 1.75. The lowest BCUT2D eigenvalue weighted by Crippen LogP contribution is -2.42. The summed E-state index contributed by atoms with van der Waals surface area (Å²) in [5.41, 5.74) is -0.375. The molecule has 1 atom stereocenters. The molecule has 0 radical (unpaired) electrons. The first-order chi connectivity index (χ1) is 7.44. The van der Waals surface area contributed by atoms with Gasteiger partial charge in [0.05, 0.1) is 17.4 Å². The van der Waals surface area contributed by atoms with E-state index in [1.54, 1.807) is 36.6 Å². The molecule has 0 bridgehead atoms. The lowest BCUT2D eigenvalue weighted by atomic mass is 10.1. The van der Waals surface area contributed by atoms with Gasteiger partial charge in [0.2, 0.25) is 0 Å². The molecule has 90 valence electrons. The first-order valence-corrected chi connectivity index (χ1v) is 6.32. The Labute approximate surface area is 99.2 Å². The number of carbonyl (C=O) groups excluding carboxylic acids is 1. The highest BCUT2D eigenvalue weighted by Crippen LogP contribution is 2.09. The molecule has 1 rings (SSSR count). The maximum Gasteiger partial charge on any atom is 0.254 e. The highest BCUT2D eigenvalue weighted by Gasteiger charge is 2.20. The maximum atomic E-state index is 11.6. The number of thioether (sulfide) groups is 1. The van der Waals surface area contributed by atoms with Gasteiger partial charge in [-0.05, 0) is 13.2 Å². The van der Waals surface area contributed by atoms with Crippen molar-refractivity contribution in [2.24, 2.45) is 7.05 Å². The zero-order valence-corrected chi connectivity index (χ0v) is 10.5. The summed E-state index contributed by atoms with van der Waals surface area (Å²) in [4.78, 5) is 11.6. The molecule has 1 amide bonds. The van der Waals surface area contributed by atoms with E-state index in [0.717, 1.165) is 0 Å². The van der Waals surface area contributed by atoms with Crippen molar-refractivity contribution in [3.8, 4) is 0 Å². The summed E-state index contributed by atoms with van der Waals surface area (Å²) in [6.45, 7) is 1.94. The van der Waals surface area contributed by atoms with E-state index in [0.29, 0.717) is 11.3 Å². The molecule has 1 aromatic heterocycles. The van der Waals surface area contributed by atoms with Crippen LogP contribution in [0.2, 0.25) is 0 Å². The van der Waals surface area contributed by atoms with E-state index in [4.69, 9.17) is 0 Å². The third-order valence-corrected chi connectivity index (χ3v) is 2.96. The summed E-state index contributed by atoms with van der Waals surface area (Å²) < 4.78 is 1.56. The smallest absolute Gasteiger partial charge is 0.254 e. The highest BCUT2D eigenvalue weighted by atomic mass is 32.2. The number of nitrogens with zero attached hydrogens (tertiary/aromatic N) is 2. The Bertz CT molecular complexity index is 363. The standard InChI is InChI=1S/C10H17N3O2S/c1-10(15,7-16-3)6-11-9(14)8-4-12-13(2)5-8/h4-5,15H,6-7H2,1-3H3,(H,11,14). The molecule has 1 unspecified atom stereocenters. The van der Waals surface area contributed by atoms with Gasteiger partial charge in [0, 0.05) is 25.5 Å². The van der Waals surface area contributed by atoms with Crippen LogP contribution in [0.5, 0.6) is 0 Å². The highest BCUT2D eigenvalue weighted by molar-refractivity contribution is 7.98. The molecule has 0 aliphatic carbocycles. The number of nitrogens with one attached hydrogen (secondary N) is 1. The predicted molar refractivity (Wildman–Crippen MR) is 64.5 cm³/mol. The van der Waals surface area contributed by atoms with Crippen LogP contribution in [0, 0.1) is 0 Å². The first kappa shape index (κ1) is 13.1. The zero-order valence-electron chi connectivity index (χ0n) is 9.73. The van der Waals surface area contributed by atoms with Gasteiger partial charge in [-0.1, -0.05) is 0 Å². The van der Waals surface area contributed by atoms with Crippen molar-refractivity contribution in [3.05, 3.63) is 18.0 Å². The lowest BCUT2D eigenvalue weighted by Gasteiger charge is -2.22. The van der Waals surface area contributed by atoms with E-state index < -0.39 is 5.60 Å². The summed E-state index contributed by atoms with van der Waals surface area (Å²) in [5, 5.41) is 16.4. The fourth-order valence-electron chi connectivity index (χ4n) is 1.27. The van der Waals surface area contributed by atoms with Crippen LogP contribution in [0.15, 0.2) is 12.4 Å². The number of rotatable bonds is 5. The van der Waals surface area contributed by atoms with Crippen molar-refractivity contribution in [1.29, 1.82) is 0 Å². The van der Waals surface area contributed by atoms with E-state index in [-0.39, 0.29) is 12.5 Å². The molecule has 0 saturated carbocycles. The Morgan fingerprint density at radius 1 is 1.75 bits per heavy atom. The Kier molecular flexibility index (Phi) is 4.37. The minimum absolute atomic E-state index is 0.213. The normalized spacial score (nSPS) is 14.5. The second kappa shape index (κ2) is 5.36. The molecule has 0 aromatic carbocycles. The van der Waals surface area contributed by atoms with Crippen LogP contribution in [-0.4, -0.2) is 44.9 Å². The van der Waals surface area contributed by atoms with Gasteiger partial charge in [0.15, 0.2) is 0 Å². The Morgan fingerprint density at radius 3 is 2.94 bits per heavy atom. The number of hydrogen-bond acceptors (Lipinski definition) is 4. The molecule has 0 aliphatic rings. The molecule has 0 aliphatic heterocycles. The van der Waals surface area contributed by atoms with Crippen LogP contribution in [0.3, 0.4) is 0 Å². The van der Waals surface area contributed by atoms with Crippen LogP contribution in [0.1, 0.15) is 17.3 Å². The van der Waals surface area contributed by atoms with Crippen molar-refractivity contribution in [2.45, 2.75) is 12.5 Å². The molecule has 6 heteroatoms. The monoisotopic (exact) mass is 243 g/mol. The molecule has 5 nitrogen and oxygen atoms in total. The number of amides is 1. The SMILES string of the molecule is CSCC(C)(O)CNC(=O)c1cnn(C)c1. The average molecular weight is 243 g/mol. The molecule has 2 N–H and O–H groups in total. The van der Waals surface area contributed by atoms with Crippen molar-refractivity contribution in [1.82, 2.24) is 15.1 Å². The minimum atomic E-state index is -0.878. The van der Waals surface area contributed by atoms with Crippen molar-refractivity contribution >= 4 is 17.7 Å². The molecule has 0 fully saturated rings. The van der Waals surface area contributed by atoms with Gasteiger partial charge in [-0.15, -0.1) is 0 Å².